The van der Waals surface area contributed by atoms with Crippen molar-refractivity contribution in [3.8, 4) is 0 Å². The van der Waals surface area contributed by atoms with Crippen LogP contribution in [0.1, 0.15) is 37.6 Å². The van der Waals surface area contributed by atoms with Gasteiger partial charge in [0.15, 0.2) is 0 Å². The van der Waals surface area contributed by atoms with Crippen molar-refractivity contribution in [1.29, 1.82) is 0 Å². The van der Waals surface area contributed by atoms with Crippen molar-refractivity contribution in [2.45, 2.75) is 33.2 Å². The van der Waals surface area contributed by atoms with Crippen LogP contribution < -0.4 is 10.9 Å². The number of H-pyrrole nitrogens is 1. The zero-order chi connectivity index (χ0) is 12.1. The van der Waals surface area contributed by atoms with Gasteiger partial charge in [0.2, 0.25) is 5.56 Å². The minimum Gasteiger partial charge on any atom is -0.350 e. The maximum Gasteiger partial charge on any atom is 0.251 e. The van der Waals surface area contributed by atoms with Crippen LogP contribution in [-0.4, -0.2) is 16.9 Å². The summed E-state index contributed by atoms with van der Waals surface area (Å²) in [6.07, 6.45) is 2.40. The quantitative estimate of drug-likeness (QED) is 0.811. The largest absolute Gasteiger partial charge is 0.350 e. The van der Waals surface area contributed by atoms with E-state index in [2.05, 4.69) is 24.1 Å². The van der Waals surface area contributed by atoms with Gasteiger partial charge in [-0.25, -0.2) is 0 Å². The average Bonchev–Trinajstić information content (AvgIpc) is 2.16. The number of aromatic amines is 1. The van der Waals surface area contributed by atoms with E-state index in [1.54, 1.807) is 6.07 Å². The first kappa shape index (κ1) is 12.5. The van der Waals surface area contributed by atoms with Crippen LogP contribution in [0.5, 0.6) is 0 Å². The van der Waals surface area contributed by atoms with E-state index in [0.717, 1.165) is 6.42 Å². The Labute approximate surface area is 95.1 Å². The summed E-state index contributed by atoms with van der Waals surface area (Å²) in [7, 11) is 0. The minimum absolute atomic E-state index is 0.117. The van der Waals surface area contributed by atoms with Gasteiger partial charge in [0.1, 0.15) is 0 Å². The third kappa shape index (κ3) is 3.88. The Hall–Kier alpha value is -1.58. The molecule has 0 fully saturated rings. The molecule has 16 heavy (non-hydrogen) atoms. The SMILES string of the molecule is CC(C)CC(C)NC(=O)c1cc[nH]c(=O)c1. The summed E-state index contributed by atoms with van der Waals surface area (Å²) < 4.78 is 0. The number of carbonyl (C=O) groups is 1. The summed E-state index contributed by atoms with van der Waals surface area (Å²) in [5.41, 5.74) is 0.142. The zero-order valence-corrected chi connectivity index (χ0v) is 9.91. The maximum absolute atomic E-state index is 11.7. The van der Waals surface area contributed by atoms with E-state index < -0.39 is 0 Å². The van der Waals surface area contributed by atoms with Crippen molar-refractivity contribution < 1.29 is 4.79 Å². The predicted molar refractivity (Wildman–Crippen MR) is 63.4 cm³/mol. The monoisotopic (exact) mass is 222 g/mol. The van der Waals surface area contributed by atoms with E-state index in [4.69, 9.17) is 0 Å². The van der Waals surface area contributed by atoms with Gasteiger partial charge in [-0.1, -0.05) is 13.8 Å². The van der Waals surface area contributed by atoms with Crippen molar-refractivity contribution >= 4 is 5.91 Å². The topological polar surface area (TPSA) is 62.0 Å². The van der Waals surface area contributed by atoms with Gasteiger partial charge >= 0.3 is 0 Å². The van der Waals surface area contributed by atoms with E-state index in [-0.39, 0.29) is 17.5 Å². The van der Waals surface area contributed by atoms with Crippen LogP contribution in [0.25, 0.3) is 0 Å². The molecule has 1 aromatic rings. The van der Waals surface area contributed by atoms with Gasteiger partial charge in [-0.15, -0.1) is 0 Å². The van der Waals surface area contributed by atoms with Crippen molar-refractivity contribution in [1.82, 2.24) is 10.3 Å². The molecule has 0 saturated heterocycles. The molecule has 0 aliphatic carbocycles. The molecule has 1 heterocycles. The van der Waals surface area contributed by atoms with Crippen molar-refractivity contribution in [3.63, 3.8) is 0 Å². The third-order valence-electron chi connectivity index (χ3n) is 2.24. The number of pyridine rings is 1. The lowest BCUT2D eigenvalue weighted by atomic mass is 10.1. The summed E-state index contributed by atoms with van der Waals surface area (Å²) in [6, 6.07) is 3.02. The first-order chi connectivity index (χ1) is 7.49. The standard InChI is InChI=1S/C12H18N2O2/c1-8(2)6-9(3)14-12(16)10-4-5-13-11(15)7-10/h4-5,7-9H,6H2,1-3H3,(H,13,15)(H,14,16). The summed E-state index contributed by atoms with van der Waals surface area (Å²) in [5, 5.41) is 2.86. The highest BCUT2D eigenvalue weighted by Crippen LogP contribution is 2.04. The lowest BCUT2D eigenvalue weighted by Gasteiger charge is -2.15. The van der Waals surface area contributed by atoms with Gasteiger partial charge in [0.25, 0.3) is 5.91 Å². The Kier molecular flexibility index (Phi) is 4.28. The highest BCUT2D eigenvalue weighted by atomic mass is 16.2. The molecular weight excluding hydrogens is 204 g/mol. The molecule has 1 aromatic heterocycles. The first-order valence-electron chi connectivity index (χ1n) is 5.48. The van der Waals surface area contributed by atoms with Crippen molar-refractivity contribution in [3.05, 3.63) is 34.2 Å². The van der Waals surface area contributed by atoms with Crippen LogP contribution in [0, 0.1) is 5.92 Å². The van der Waals surface area contributed by atoms with Gasteiger partial charge in [0, 0.05) is 23.9 Å². The Balaban J connectivity index is 2.62. The molecule has 4 heteroatoms. The summed E-state index contributed by atoms with van der Waals surface area (Å²) in [6.45, 7) is 6.18. The minimum atomic E-state index is -0.260. The Morgan fingerprint density at radius 3 is 2.69 bits per heavy atom. The normalized spacial score (nSPS) is 12.5. The van der Waals surface area contributed by atoms with Crippen molar-refractivity contribution in [2.75, 3.05) is 0 Å². The lowest BCUT2D eigenvalue weighted by molar-refractivity contribution is 0.0936. The molecule has 0 aliphatic rings. The number of carbonyl (C=O) groups excluding carboxylic acids is 1. The summed E-state index contributed by atoms with van der Waals surface area (Å²) >= 11 is 0. The maximum atomic E-state index is 11.7. The van der Waals surface area contributed by atoms with E-state index in [0.29, 0.717) is 11.5 Å². The van der Waals surface area contributed by atoms with Crippen molar-refractivity contribution in [2.24, 2.45) is 5.92 Å². The van der Waals surface area contributed by atoms with Crippen LogP contribution in [0.2, 0.25) is 0 Å². The molecule has 0 aliphatic heterocycles. The van der Waals surface area contributed by atoms with E-state index in [9.17, 15) is 9.59 Å². The molecule has 4 nitrogen and oxygen atoms in total. The highest BCUT2D eigenvalue weighted by Gasteiger charge is 2.10. The van der Waals surface area contributed by atoms with E-state index >= 15 is 0 Å². The van der Waals surface area contributed by atoms with Gasteiger partial charge in [-0.05, 0) is 25.3 Å². The number of hydrogen-bond acceptors (Lipinski definition) is 2. The van der Waals surface area contributed by atoms with Gasteiger partial charge in [-0.2, -0.15) is 0 Å². The van der Waals surface area contributed by atoms with Gasteiger partial charge in [-0.3, -0.25) is 9.59 Å². The van der Waals surface area contributed by atoms with E-state index in [1.165, 1.54) is 12.3 Å². The van der Waals surface area contributed by atoms with Crippen LogP contribution in [0.3, 0.4) is 0 Å². The molecule has 88 valence electrons. The van der Waals surface area contributed by atoms with Crippen LogP contribution >= 0.6 is 0 Å². The molecule has 0 radical (unpaired) electrons. The molecule has 1 amide bonds. The third-order valence-corrected chi connectivity index (χ3v) is 2.24. The number of hydrogen-bond donors (Lipinski definition) is 2. The van der Waals surface area contributed by atoms with Crippen LogP contribution in [-0.2, 0) is 0 Å². The fourth-order valence-corrected chi connectivity index (χ4v) is 1.66. The molecule has 0 aromatic carbocycles. The Bertz CT molecular complexity index is 409. The molecule has 1 rings (SSSR count). The Morgan fingerprint density at radius 1 is 1.44 bits per heavy atom. The summed E-state index contributed by atoms with van der Waals surface area (Å²) in [4.78, 5) is 25.2. The number of nitrogens with one attached hydrogen (secondary N) is 2. The number of aromatic nitrogens is 1. The van der Waals surface area contributed by atoms with E-state index in [1.807, 2.05) is 6.92 Å². The van der Waals surface area contributed by atoms with Gasteiger partial charge in [0.05, 0.1) is 0 Å². The second kappa shape index (κ2) is 5.49. The van der Waals surface area contributed by atoms with Crippen LogP contribution in [0.4, 0.5) is 0 Å². The fraction of sp³-hybridized carbons (Fsp3) is 0.500. The molecule has 2 N–H and O–H groups in total. The predicted octanol–water partition coefficient (Wildman–Crippen LogP) is 1.54. The molecule has 1 unspecified atom stereocenters. The second-order valence-electron chi connectivity index (χ2n) is 4.45. The number of amides is 1. The first-order valence-corrected chi connectivity index (χ1v) is 5.48. The molecule has 1 atom stereocenters. The Morgan fingerprint density at radius 2 is 2.12 bits per heavy atom. The lowest BCUT2D eigenvalue weighted by Crippen LogP contribution is -2.34. The molecule has 0 saturated carbocycles. The number of rotatable bonds is 4. The smallest absolute Gasteiger partial charge is 0.251 e. The average molecular weight is 222 g/mol. The van der Waals surface area contributed by atoms with Gasteiger partial charge < -0.3 is 10.3 Å². The summed E-state index contributed by atoms with van der Waals surface area (Å²) in [5.74, 6) is 0.341. The fourth-order valence-electron chi connectivity index (χ4n) is 1.66. The highest BCUT2D eigenvalue weighted by molar-refractivity contribution is 5.94. The molecular formula is C12H18N2O2. The molecule has 0 bridgehead atoms. The molecule has 0 spiro atoms. The zero-order valence-electron chi connectivity index (χ0n) is 9.91. The van der Waals surface area contributed by atoms with Crippen LogP contribution in [0.15, 0.2) is 23.1 Å². The second-order valence-corrected chi connectivity index (χ2v) is 4.45.